The summed E-state index contributed by atoms with van der Waals surface area (Å²) < 4.78 is 6.69. The summed E-state index contributed by atoms with van der Waals surface area (Å²) in [6.07, 6.45) is -1.56. The van der Waals surface area contributed by atoms with E-state index in [4.69, 9.17) is 9.84 Å². The first-order valence-electron chi connectivity index (χ1n) is 7.65. The van der Waals surface area contributed by atoms with Crippen molar-refractivity contribution in [2.75, 3.05) is 6.54 Å². The van der Waals surface area contributed by atoms with Gasteiger partial charge < -0.3 is 14.9 Å². The lowest BCUT2D eigenvalue weighted by Gasteiger charge is -2.16. The Morgan fingerprint density at radius 1 is 1.21 bits per heavy atom. The number of hydrogen-bond donors (Lipinski definition) is 3. The quantitative estimate of drug-likeness (QED) is 0.729. The number of carboxylic acid groups (broad SMARTS) is 1. The number of benzene rings is 2. The Balaban J connectivity index is 1.60. The molecule has 126 valence electrons. The summed E-state index contributed by atoms with van der Waals surface area (Å²) in [7, 11) is 0. The molecule has 2 aromatic carbocycles. The van der Waals surface area contributed by atoms with Gasteiger partial charge in [-0.15, -0.1) is 0 Å². The lowest BCUT2D eigenvalue weighted by molar-refractivity contribution is -0.142. The van der Waals surface area contributed by atoms with E-state index in [1.54, 1.807) is 0 Å². The van der Waals surface area contributed by atoms with E-state index in [1.807, 2.05) is 42.5 Å². The molecule has 0 unspecified atom stereocenters. The third-order valence-corrected chi connectivity index (χ3v) is 4.60. The van der Waals surface area contributed by atoms with E-state index in [1.165, 1.54) is 0 Å². The monoisotopic (exact) mass is 391 g/mol. The molecule has 0 amide bonds. The van der Waals surface area contributed by atoms with Crippen LogP contribution in [0.2, 0.25) is 0 Å². The van der Waals surface area contributed by atoms with Crippen molar-refractivity contribution >= 4 is 21.9 Å². The van der Waals surface area contributed by atoms with Crippen molar-refractivity contribution in [3.8, 4) is 11.1 Å². The van der Waals surface area contributed by atoms with Crippen molar-refractivity contribution < 1.29 is 19.7 Å². The Bertz CT molecular complexity index is 719. The highest BCUT2D eigenvalue weighted by molar-refractivity contribution is 9.10. The normalized spacial score (nSPS) is 23.3. The van der Waals surface area contributed by atoms with Gasteiger partial charge >= 0.3 is 5.97 Å². The van der Waals surface area contributed by atoms with Gasteiger partial charge in [0, 0.05) is 11.0 Å². The maximum Gasteiger partial charge on any atom is 0.323 e. The number of aliphatic carboxylic acids is 1. The highest BCUT2D eigenvalue weighted by Gasteiger charge is 2.39. The minimum atomic E-state index is -1.06. The first-order valence-corrected chi connectivity index (χ1v) is 8.44. The van der Waals surface area contributed by atoms with Gasteiger partial charge in [-0.05, 0) is 28.8 Å². The summed E-state index contributed by atoms with van der Waals surface area (Å²) in [4.78, 5) is 10.9. The van der Waals surface area contributed by atoms with Crippen LogP contribution < -0.4 is 5.32 Å². The smallest absolute Gasteiger partial charge is 0.323 e. The molecule has 1 fully saturated rings. The molecule has 6 heteroatoms. The van der Waals surface area contributed by atoms with Gasteiger partial charge in [0.2, 0.25) is 0 Å². The fraction of sp³-hybridized carbons (Fsp3) is 0.278. The second-order valence-electron chi connectivity index (χ2n) is 5.77. The lowest BCUT2D eigenvalue weighted by atomic mass is 10.0. The SMILES string of the molecule is O=C(O)[C@@H]1NC[C@H](OCc2ccc(-c3cccc(Br)c3)cc2)[C@H]1O. The lowest BCUT2D eigenvalue weighted by Crippen LogP contribution is -2.40. The second-order valence-corrected chi connectivity index (χ2v) is 6.69. The van der Waals surface area contributed by atoms with Crippen molar-refractivity contribution in [1.29, 1.82) is 0 Å². The summed E-state index contributed by atoms with van der Waals surface area (Å²) in [5.41, 5.74) is 3.20. The van der Waals surface area contributed by atoms with Crippen LogP contribution in [-0.4, -0.2) is 41.0 Å². The van der Waals surface area contributed by atoms with Gasteiger partial charge in [0.25, 0.3) is 0 Å². The van der Waals surface area contributed by atoms with Gasteiger partial charge in [0.05, 0.1) is 12.7 Å². The number of rotatable bonds is 5. The fourth-order valence-electron chi connectivity index (χ4n) is 2.75. The van der Waals surface area contributed by atoms with Crippen LogP contribution in [0.5, 0.6) is 0 Å². The van der Waals surface area contributed by atoms with Crippen LogP contribution >= 0.6 is 15.9 Å². The van der Waals surface area contributed by atoms with Gasteiger partial charge in [-0.25, -0.2) is 0 Å². The number of hydrogen-bond acceptors (Lipinski definition) is 4. The molecule has 1 saturated heterocycles. The topological polar surface area (TPSA) is 78.8 Å². The molecule has 0 aromatic heterocycles. The molecule has 1 aliphatic heterocycles. The molecule has 3 N–H and O–H groups in total. The van der Waals surface area contributed by atoms with Crippen LogP contribution in [0, 0.1) is 0 Å². The van der Waals surface area contributed by atoms with Gasteiger partial charge in [-0.1, -0.05) is 52.3 Å². The molecule has 3 atom stereocenters. The van der Waals surface area contributed by atoms with Crippen LogP contribution in [0.25, 0.3) is 11.1 Å². The summed E-state index contributed by atoms with van der Waals surface area (Å²) >= 11 is 3.47. The number of ether oxygens (including phenoxy) is 1. The number of nitrogens with one attached hydrogen (secondary N) is 1. The zero-order valence-electron chi connectivity index (χ0n) is 12.9. The van der Waals surface area contributed by atoms with E-state index >= 15 is 0 Å². The van der Waals surface area contributed by atoms with Crippen LogP contribution in [0.1, 0.15) is 5.56 Å². The molecule has 3 rings (SSSR count). The number of carboxylic acids is 1. The number of aliphatic hydroxyl groups excluding tert-OH is 1. The molecule has 1 aliphatic rings. The molecular formula is C18H18BrNO4. The third kappa shape index (κ3) is 3.84. The van der Waals surface area contributed by atoms with Gasteiger partial charge in [0.1, 0.15) is 12.1 Å². The molecule has 0 bridgehead atoms. The van der Waals surface area contributed by atoms with Gasteiger partial charge in [-0.3, -0.25) is 10.1 Å². The number of carbonyl (C=O) groups is 1. The molecular weight excluding hydrogens is 374 g/mol. The summed E-state index contributed by atoms with van der Waals surface area (Å²) in [5.74, 6) is -1.06. The van der Waals surface area contributed by atoms with Crippen molar-refractivity contribution in [1.82, 2.24) is 5.32 Å². The Kier molecular flexibility index (Phi) is 5.30. The second kappa shape index (κ2) is 7.44. The van der Waals surface area contributed by atoms with Crippen LogP contribution in [0.15, 0.2) is 53.0 Å². The van der Waals surface area contributed by atoms with Gasteiger partial charge in [0.15, 0.2) is 0 Å². The minimum Gasteiger partial charge on any atom is -0.480 e. The summed E-state index contributed by atoms with van der Waals surface area (Å²) in [5, 5.41) is 21.7. The van der Waals surface area contributed by atoms with E-state index in [2.05, 4.69) is 27.3 Å². The Morgan fingerprint density at radius 2 is 1.96 bits per heavy atom. The van der Waals surface area contributed by atoms with Gasteiger partial charge in [-0.2, -0.15) is 0 Å². The zero-order chi connectivity index (χ0) is 17.1. The maximum atomic E-state index is 10.9. The van der Waals surface area contributed by atoms with E-state index in [-0.39, 0.29) is 0 Å². The van der Waals surface area contributed by atoms with Crippen molar-refractivity contribution in [3.63, 3.8) is 0 Å². The van der Waals surface area contributed by atoms with Crippen molar-refractivity contribution in [3.05, 3.63) is 58.6 Å². The molecule has 0 aliphatic carbocycles. The summed E-state index contributed by atoms with van der Waals surface area (Å²) in [6, 6.07) is 15.1. The molecule has 24 heavy (non-hydrogen) atoms. The Hall–Kier alpha value is -1.73. The average Bonchev–Trinajstić information content (AvgIpc) is 2.94. The zero-order valence-corrected chi connectivity index (χ0v) is 14.4. The molecule has 0 spiro atoms. The molecule has 0 saturated carbocycles. The van der Waals surface area contributed by atoms with E-state index < -0.39 is 24.2 Å². The molecule has 5 nitrogen and oxygen atoms in total. The highest BCUT2D eigenvalue weighted by Crippen LogP contribution is 2.23. The molecule has 1 heterocycles. The average molecular weight is 392 g/mol. The van der Waals surface area contributed by atoms with E-state index in [9.17, 15) is 9.90 Å². The standard InChI is InChI=1S/C18H18BrNO4/c19-14-3-1-2-13(8-14)12-6-4-11(5-7-12)10-24-15-9-20-16(17(15)21)18(22)23/h1-8,15-17,20-21H,9-10H2,(H,22,23)/t15-,16+,17+/m0/s1. The predicted molar refractivity (Wildman–Crippen MR) is 93.6 cm³/mol. The maximum absolute atomic E-state index is 10.9. The highest BCUT2D eigenvalue weighted by atomic mass is 79.9. The third-order valence-electron chi connectivity index (χ3n) is 4.10. The summed E-state index contributed by atoms with van der Waals surface area (Å²) in [6.45, 7) is 0.656. The largest absolute Gasteiger partial charge is 0.480 e. The van der Waals surface area contributed by atoms with Crippen LogP contribution in [-0.2, 0) is 16.1 Å². The molecule has 2 aromatic rings. The van der Waals surface area contributed by atoms with Crippen molar-refractivity contribution in [2.45, 2.75) is 24.9 Å². The van der Waals surface area contributed by atoms with Crippen LogP contribution in [0.3, 0.4) is 0 Å². The molecule has 0 radical (unpaired) electrons. The first-order chi connectivity index (χ1) is 11.5. The fourth-order valence-corrected chi connectivity index (χ4v) is 3.15. The van der Waals surface area contributed by atoms with Crippen molar-refractivity contribution in [2.24, 2.45) is 0 Å². The number of aliphatic hydroxyl groups is 1. The minimum absolute atomic E-state index is 0.328. The van der Waals surface area contributed by atoms with Crippen LogP contribution in [0.4, 0.5) is 0 Å². The van der Waals surface area contributed by atoms with E-state index in [0.29, 0.717) is 13.2 Å². The van der Waals surface area contributed by atoms with E-state index in [0.717, 1.165) is 21.2 Å². The first kappa shape index (κ1) is 17.1. The number of halogens is 1. The Morgan fingerprint density at radius 3 is 2.58 bits per heavy atom. The Labute approximate surface area is 148 Å². The predicted octanol–water partition coefficient (Wildman–Crippen LogP) is 2.42.